The molecule has 0 saturated carbocycles. The van der Waals surface area contributed by atoms with Crippen LogP contribution < -0.4 is 24.4 Å². The average molecular weight is 386 g/mol. The van der Waals surface area contributed by atoms with Crippen LogP contribution in [0.2, 0.25) is 0 Å². The van der Waals surface area contributed by atoms with Gasteiger partial charge in [-0.2, -0.15) is 4.98 Å². The number of methoxy groups -OCH3 is 2. The van der Waals surface area contributed by atoms with E-state index in [-0.39, 0.29) is 12.5 Å². The summed E-state index contributed by atoms with van der Waals surface area (Å²) >= 11 is 0. The summed E-state index contributed by atoms with van der Waals surface area (Å²) in [6.07, 6.45) is 3.51. The number of nitrogens with zero attached hydrogens (tertiary/aromatic N) is 3. The molecule has 1 amide bonds. The molecule has 28 heavy (non-hydrogen) atoms. The summed E-state index contributed by atoms with van der Waals surface area (Å²) in [6, 6.07) is 6.90. The fraction of sp³-hybridized carbons (Fsp3) is 0.450. The Morgan fingerprint density at radius 1 is 1.11 bits per heavy atom. The molecule has 1 N–H and O–H groups in total. The number of carbonyl (C=O) groups excluding carboxylic acids is 1. The highest BCUT2D eigenvalue weighted by Crippen LogP contribution is 2.29. The highest BCUT2D eigenvalue weighted by molar-refractivity contribution is 5.93. The van der Waals surface area contributed by atoms with Crippen LogP contribution in [0.5, 0.6) is 17.4 Å². The predicted molar refractivity (Wildman–Crippen MR) is 107 cm³/mol. The number of hydrogen-bond donors (Lipinski definition) is 1. The molecule has 3 rings (SSSR count). The fourth-order valence-electron chi connectivity index (χ4n) is 3.06. The predicted octanol–water partition coefficient (Wildman–Crippen LogP) is 2.81. The van der Waals surface area contributed by atoms with Crippen molar-refractivity contribution in [3.63, 3.8) is 0 Å². The van der Waals surface area contributed by atoms with Gasteiger partial charge < -0.3 is 24.4 Å². The lowest BCUT2D eigenvalue weighted by Crippen LogP contribution is -2.31. The number of aryl methyl sites for hydroxylation is 1. The highest BCUT2D eigenvalue weighted by Gasteiger charge is 2.16. The lowest BCUT2D eigenvalue weighted by Gasteiger charge is -2.26. The minimum Gasteiger partial charge on any atom is -0.497 e. The zero-order valence-corrected chi connectivity index (χ0v) is 16.5. The van der Waals surface area contributed by atoms with Crippen LogP contribution in [0.3, 0.4) is 0 Å². The molecule has 2 aromatic rings. The minimum absolute atomic E-state index is 0.162. The van der Waals surface area contributed by atoms with Crippen molar-refractivity contribution in [3.8, 4) is 17.4 Å². The van der Waals surface area contributed by atoms with Crippen LogP contribution in [0.1, 0.15) is 25.0 Å². The Morgan fingerprint density at radius 2 is 1.89 bits per heavy atom. The second-order valence-corrected chi connectivity index (χ2v) is 6.60. The van der Waals surface area contributed by atoms with Crippen LogP contribution in [0.25, 0.3) is 0 Å². The first-order valence-corrected chi connectivity index (χ1v) is 9.34. The van der Waals surface area contributed by atoms with Crippen molar-refractivity contribution >= 4 is 17.5 Å². The summed E-state index contributed by atoms with van der Waals surface area (Å²) in [5.74, 6) is 1.90. The van der Waals surface area contributed by atoms with Crippen molar-refractivity contribution in [1.29, 1.82) is 0 Å². The Labute approximate surface area is 164 Å². The number of piperidine rings is 1. The molecule has 8 nitrogen and oxygen atoms in total. The Morgan fingerprint density at radius 3 is 2.61 bits per heavy atom. The molecule has 2 heterocycles. The first kappa shape index (κ1) is 19.7. The maximum atomic E-state index is 12.3. The largest absolute Gasteiger partial charge is 0.497 e. The molecule has 0 unspecified atom stereocenters. The molecule has 8 heteroatoms. The van der Waals surface area contributed by atoms with E-state index in [4.69, 9.17) is 14.2 Å². The molecule has 0 spiro atoms. The van der Waals surface area contributed by atoms with Gasteiger partial charge >= 0.3 is 0 Å². The van der Waals surface area contributed by atoms with Gasteiger partial charge in [0.25, 0.3) is 5.91 Å². The molecule has 1 fully saturated rings. The number of benzene rings is 1. The third-order valence-electron chi connectivity index (χ3n) is 4.49. The van der Waals surface area contributed by atoms with Gasteiger partial charge in [-0.25, -0.2) is 4.98 Å². The molecule has 0 atom stereocenters. The molecule has 1 aromatic carbocycles. The number of aromatic nitrogens is 2. The van der Waals surface area contributed by atoms with Gasteiger partial charge in [0.15, 0.2) is 6.61 Å². The number of amides is 1. The van der Waals surface area contributed by atoms with E-state index in [1.54, 1.807) is 31.4 Å². The van der Waals surface area contributed by atoms with Gasteiger partial charge in [0.2, 0.25) is 11.8 Å². The van der Waals surface area contributed by atoms with E-state index in [0.29, 0.717) is 29.0 Å². The summed E-state index contributed by atoms with van der Waals surface area (Å²) in [7, 11) is 3.11. The molecule has 1 aromatic heterocycles. The van der Waals surface area contributed by atoms with E-state index < -0.39 is 0 Å². The van der Waals surface area contributed by atoms with Crippen molar-refractivity contribution in [2.45, 2.75) is 26.2 Å². The Balaban J connectivity index is 1.62. The van der Waals surface area contributed by atoms with Crippen molar-refractivity contribution in [2.75, 3.05) is 44.1 Å². The first-order valence-electron chi connectivity index (χ1n) is 9.34. The number of hydrogen-bond acceptors (Lipinski definition) is 7. The van der Waals surface area contributed by atoms with Crippen molar-refractivity contribution in [2.24, 2.45) is 0 Å². The third kappa shape index (κ3) is 5.03. The normalized spacial score (nSPS) is 13.8. The number of nitrogens with one attached hydrogen (secondary N) is 1. The minimum atomic E-state index is -0.306. The molecule has 150 valence electrons. The lowest BCUT2D eigenvalue weighted by atomic mass is 10.1. The zero-order chi connectivity index (χ0) is 19.9. The summed E-state index contributed by atoms with van der Waals surface area (Å²) in [5.41, 5.74) is 1.35. The Bertz CT molecular complexity index is 822. The fourth-order valence-corrected chi connectivity index (χ4v) is 3.06. The monoisotopic (exact) mass is 386 g/mol. The van der Waals surface area contributed by atoms with E-state index in [9.17, 15) is 4.79 Å². The molecule has 1 aliphatic heterocycles. The third-order valence-corrected chi connectivity index (χ3v) is 4.49. The standard InChI is InChI=1S/C20H26N4O4/c1-14-11-19(23-20(21-14)24-9-5-4-6-10-24)28-13-18(25)22-16-8-7-15(26-2)12-17(16)27-3/h7-8,11-12H,4-6,9-10,13H2,1-3H3,(H,22,25). The van der Waals surface area contributed by atoms with Crippen LogP contribution in [-0.2, 0) is 4.79 Å². The summed E-state index contributed by atoms with van der Waals surface area (Å²) in [5, 5.41) is 2.78. The second kappa shape index (κ2) is 9.25. The summed E-state index contributed by atoms with van der Waals surface area (Å²) < 4.78 is 16.1. The molecule has 0 aliphatic carbocycles. The van der Waals surface area contributed by atoms with Gasteiger partial charge in [-0.1, -0.05) is 0 Å². The van der Waals surface area contributed by atoms with Crippen molar-refractivity contribution < 1.29 is 19.0 Å². The Hall–Kier alpha value is -3.03. The molecule has 1 saturated heterocycles. The first-order chi connectivity index (χ1) is 13.6. The smallest absolute Gasteiger partial charge is 0.262 e. The zero-order valence-electron chi connectivity index (χ0n) is 16.5. The van der Waals surface area contributed by atoms with Crippen molar-refractivity contribution in [3.05, 3.63) is 30.0 Å². The molecule has 0 radical (unpaired) electrons. The van der Waals surface area contributed by atoms with Crippen LogP contribution in [0.15, 0.2) is 24.3 Å². The highest BCUT2D eigenvalue weighted by atomic mass is 16.5. The van der Waals surface area contributed by atoms with Gasteiger partial charge in [-0.05, 0) is 38.3 Å². The number of rotatable bonds is 7. The van der Waals surface area contributed by atoms with E-state index in [1.807, 2.05) is 6.92 Å². The number of ether oxygens (including phenoxy) is 3. The topological polar surface area (TPSA) is 85.8 Å². The van der Waals surface area contributed by atoms with Gasteiger partial charge in [0, 0.05) is 30.9 Å². The van der Waals surface area contributed by atoms with E-state index >= 15 is 0 Å². The van der Waals surface area contributed by atoms with Crippen molar-refractivity contribution in [1.82, 2.24) is 9.97 Å². The molecular formula is C20H26N4O4. The van der Waals surface area contributed by atoms with Crippen LogP contribution in [0.4, 0.5) is 11.6 Å². The van der Waals surface area contributed by atoms with Crippen LogP contribution in [-0.4, -0.2) is 49.8 Å². The maximum absolute atomic E-state index is 12.3. The van der Waals surface area contributed by atoms with Gasteiger partial charge in [-0.15, -0.1) is 0 Å². The lowest BCUT2D eigenvalue weighted by molar-refractivity contribution is -0.118. The van der Waals surface area contributed by atoms with Gasteiger partial charge in [0.1, 0.15) is 11.5 Å². The molecule has 1 aliphatic rings. The maximum Gasteiger partial charge on any atom is 0.262 e. The van der Waals surface area contributed by atoms with Gasteiger partial charge in [-0.3, -0.25) is 4.79 Å². The number of carbonyl (C=O) groups is 1. The summed E-state index contributed by atoms with van der Waals surface area (Å²) in [4.78, 5) is 23.4. The quantitative estimate of drug-likeness (QED) is 0.783. The SMILES string of the molecule is COc1ccc(NC(=O)COc2cc(C)nc(N3CCCCC3)n2)c(OC)c1. The van der Waals surface area contributed by atoms with Crippen LogP contribution >= 0.6 is 0 Å². The summed E-state index contributed by atoms with van der Waals surface area (Å²) in [6.45, 7) is 3.62. The van der Waals surface area contributed by atoms with E-state index in [0.717, 1.165) is 31.6 Å². The second-order valence-electron chi connectivity index (χ2n) is 6.60. The van der Waals surface area contributed by atoms with Gasteiger partial charge in [0.05, 0.1) is 19.9 Å². The number of anilines is 2. The Kier molecular flexibility index (Phi) is 6.52. The molecule has 0 bridgehead atoms. The average Bonchev–Trinajstić information content (AvgIpc) is 2.73. The van der Waals surface area contributed by atoms with E-state index in [1.165, 1.54) is 13.5 Å². The van der Waals surface area contributed by atoms with E-state index in [2.05, 4.69) is 20.2 Å². The molecular weight excluding hydrogens is 360 g/mol. The van der Waals surface area contributed by atoms with Crippen LogP contribution in [0, 0.1) is 6.92 Å².